The molecule has 0 saturated heterocycles. The van der Waals surface area contributed by atoms with E-state index in [4.69, 9.17) is 25.8 Å². The molecule has 2 aliphatic heterocycles. The molecule has 29 heavy (non-hydrogen) atoms. The van der Waals surface area contributed by atoms with Gasteiger partial charge in [-0.15, -0.1) is 0 Å². The number of benzene rings is 1. The molecule has 0 aromatic heterocycles. The second-order valence-corrected chi connectivity index (χ2v) is 6.90. The number of halogens is 1. The Kier molecular flexibility index (Phi) is 5.86. The Bertz CT molecular complexity index is 899. The van der Waals surface area contributed by atoms with Crippen LogP contribution in [0, 0.1) is 0 Å². The van der Waals surface area contributed by atoms with Gasteiger partial charge >= 0.3 is 17.9 Å². The normalized spacial score (nSPS) is 20.4. The van der Waals surface area contributed by atoms with Gasteiger partial charge in [-0.25, -0.2) is 14.4 Å². The molecule has 1 aromatic rings. The van der Waals surface area contributed by atoms with E-state index in [2.05, 4.69) is 0 Å². The highest BCUT2D eigenvalue weighted by Gasteiger charge is 2.65. The second-order valence-electron chi connectivity index (χ2n) is 6.47. The highest BCUT2D eigenvalue weighted by atomic mass is 35.5. The first-order valence-electron chi connectivity index (χ1n) is 9.40. The number of fused-ring (bicyclic) bond motifs is 3. The molecule has 1 aromatic carbocycles. The SMILES string of the molecule is CCOC(=O)C1=C(C(=O)OCC)C2(C(=O)OCC)c3cc(Cl)ccc3N(C)N2C1. The van der Waals surface area contributed by atoms with Crippen molar-refractivity contribution in [2.45, 2.75) is 26.3 Å². The second kappa shape index (κ2) is 8.04. The molecule has 0 saturated carbocycles. The maximum Gasteiger partial charge on any atom is 0.338 e. The molecule has 0 fully saturated rings. The molecule has 8 nitrogen and oxygen atoms in total. The van der Waals surface area contributed by atoms with E-state index < -0.39 is 23.4 Å². The van der Waals surface area contributed by atoms with Crippen LogP contribution in [-0.4, -0.2) is 56.3 Å². The number of carbonyl (C=O) groups excluding carboxylic acids is 3. The zero-order chi connectivity index (χ0) is 21.3. The number of hydrogen-bond acceptors (Lipinski definition) is 8. The summed E-state index contributed by atoms with van der Waals surface area (Å²) >= 11 is 6.23. The molecule has 3 rings (SSSR count). The zero-order valence-corrected chi connectivity index (χ0v) is 17.5. The van der Waals surface area contributed by atoms with E-state index >= 15 is 0 Å². The van der Waals surface area contributed by atoms with Crippen LogP contribution >= 0.6 is 11.6 Å². The smallest absolute Gasteiger partial charge is 0.338 e. The lowest BCUT2D eigenvalue weighted by Gasteiger charge is -2.34. The number of hydrazine groups is 1. The summed E-state index contributed by atoms with van der Waals surface area (Å²) in [6, 6.07) is 5.05. The van der Waals surface area contributed by atoms with Crippen molar-refractivity contribution < 1.29 is 28.6 Å². The van der Waals surface area contributed by atoms with Gasteiger partial charge in [0.25, 0.3) is 0 Å². The molecule has 1 atom stereocenters. The molecule has 0 N–H and O–H groups in total. The molecule has 1 unspecified atom stereocenters. The first-order valence-corrected chi connectivity index (χ1v) is 9.78. The highest BCUT2D eigenvalue weighted by molar-refractivity contribution is 6.31. The van der Waals surface area contributed by atoms with E-state index in [1.54, 1.807) is 56.0 Å². The van der Waals surface area contributed by atoms with Crippen molar-refractivity contribution in [3.8, 4) is 0 Å². The van der Waals surface area contributed by atoms with E-state index in [0.29, 0.717) is 16.3 Å². The Morgan fingerprint density at radius 2 is 1.66 bits per heavy atom. The topological polar surface area (TPSA) is 85.4 Å². The molecular formula is C20H23ClN2O6. The molecule has 156 valence electrons. The van der Waals surface area contributed by atoms with Gasteiger partial charge in [0.1, 0.15) is 0 Å². The molecular weight excluding hydrogens is 400 g/mol. The number of esters is 3. The Morgan fingerprint density at radius 3 is 2.28 bits per heavy atom. The number of rotatable bonds is 6. The average molecular weight is 423 g/mol. The molecule has 2 heterocycles. The van der Waals surface area contributed by atoms with Gasteiger partial charge in [-0.3, -0.25) is 0 Å². The fourth-order valence-electron chi connectivity index (χ4n) is 3.92. The van der Waals surface area contributed by atoms with Gasteiger partial charge in [-0.05, 0) is 39.0 Å². The summed E-state index contributed by atoms with van der Waals surface area (Å²) in [5.41, 5.74) is -0.584. The minimum Gasteiger partial charge on any atom is -0.464 e. The third-order valence-electron chi connectivity index (χ3n) is 4.99. The van der Waals surface area contributed by atoms with Crippen molar-refractivity contribution in [2.75, 3.05) is 38.4 Å². The van der Waals surface area contributed by atoms with Gasteiger partial charge < -0.3 is 19.2 Å². The largest absolute Gasteiger partial charge is 0.464 e. The fraction of sp³-hybridized carbons (Fsp3) is 0.450. The van der Waals surface area contributed by atoms with Crippen molar-refractivity contribution in [3.05, 3.63) is 39.9 Å². The van der Waals surface area contributed by atoms with Crippen LogP contribution in [0.5, 0.6) is 0 Å². The highest BCUT2D eigenvalue weighted by Crippen LogP contribution is 2.54. The van der Waals surface area contributed by atoms with E-state index in [-0.39, 0.29) is 37.5 Å². The Labute approximate surface area is 173 Å². The van der Waals surface area contributed by atoms with Crippen LogP contribution in [0.3, 0.4) is 0 Å². The predicted molar refractivity (Wildman–Crippen MR) is 105 cm³/mol. The molecule has 9 heteroatoms. The third kappa shape index (κ3) is 3.07. The lowest BCUT2D eigenvalue weighted by molar-refractivity contribution is -0.157. The molecule has 0 aliphatic carbocycles. The molecule has 0 radical (unpaired) electrons. The summed E-state index contributed by atoms with van der Waals surface area (Å²) in [6.07, 6.45) is 0. The van der Waals surface area contributed by atoms with Crippen molar-refractivity contribution >= 4 is 35.2 Å². The van der Waals surface area contributed by atoms with Gasteiger partial charge in [0.2, 0.25) is 0 Å². The van der Waals surface area contributed by atoms with Crippen LogP contribution in [-0.2, 0) is 34.1 Å². The molecule has 0 bridgehead atoms. The lowest BCUT2D eigenvalue weighted by atomic mass is 9.82. The fourth-order valence-corrected chi connectivity index (χ4v) is 4.09. The summed E-state index contributed by atoms with van der Waals surface area (Å²) in [7, 11) is 1.74. The van der Waals surface area contributed by atoms with Gasteiger partial charge in [0.05, 0.1) is 43.2 Å². The quantitative estimate of drug-likeness (QED) is 0.509. The predicted octanol–water partition coefficient (Wildman–Crippen LogP) is 2.20. The maximum absolute atomic E-state index is 13.4. The summed E-state index contributed by atoms with van der Waals surface area (Å²) in [4.78, 5) is 39.1. The van der Waals surface area contributed by atoms with E-state index in [1.165, 1.54) is 0 Å². The van der Waals surface area contributed by atoms with Crippen LogP contribution in [0.25, 0.3) is 0 Å². The minimum absolute atomic E-state index is 0.0193. The van der Waals surface area contributed by atoms with Gasteiger partial charge in [0.15, 0.2) is 5.54 Å². The minimum atomic E-state index is -1.68. The summed E-state index contributed by atoms with van der Waals surface area (Å²) in [6.45, 7) is 5.27. The summed E-state index contributed by atoms with van der Waals surface area (Å²) < 4.78 is 15.8. The van der Waals surface area contributed by atoms with Crippen LogP contribution in [0.2, 0.25) is 5.02 Å². The average Bonchev–Trinajstić information content (AvgIpc) is 3.15. The molecule has 2 aliphatic rings. The number of hydrogen-bond donors (Lipinski definition) is 0. The molecule has 0 amide bonds. The van der Waals surface area contributed by atoms with Crippen molar-refractivity contribution in [1.29, 1.82) is 0 Å². The number of anilines is 1. The third-order valence-corrected chi connectivity index (χ3v) is 5.23. The number of ether oxygens (including phenoxy) is 3. The maximum atomic E-state index is 13.4. The van der Waals surface area contributed by atoms with Gasteiger partial charge in [-0.2, -0.15) is 5.01 Å². The standard InChI is InChI=1S/C20H23ClN2O6/c1-5-27-17(24)13-11-23-20(19(26)29-7-3,16(13)18(25)28-6-2)14-10-12(21)8-9-15(14)22(23)4/h8-10H,5-7,11H2,1-4H3. The lowest BCUT2D eigenvalue weighted by Crippen LogP contribution is -2.53. The Morgan fingerprint density at radius 1 is 1.03 bits per heavy atom. The van der Waals surface area contributed by atoms with Crippen LogP contribution in [0.1, 0.15) is 26.3 Å². The van der Waals surface area contributed by atoms with E-state index in [9.17, 15) is 14.4 Å². The van der Waals surface area contributed by atoms with Crippen molar-refractivity contribution in [3.63, 3.8) is 0 Å². The first kappa shape index (κ1) is 21.1. The Hall–Kier alpha value is -2.58. The Balaban J connectivity index is 2.35. The number of carbonyl (C=O) groups is 3. The molecule has 0 spiro atoms. The van der Waals surface area contributed by atoms with Gasteiger partial charge in [0, 0.05) is 17.6 Å². The van der Waals surface area contributed by atoms with E-state index in [1.807, 2.05) is 0 Å². The van der Waals surface area contributed by atoms with Crippen LogP contribution < -0.4 is 5.01 Å². The number of nitrogens with zero attached hydrogens (tertiary/aromatic N) is 2. The van der Waals surface area contributed by atoms with Gasteiger partial charge in [-0.1, -0.05) is 11.6 Å². The van der Waals surface area contributed by atoms with Crippen LogP contribution in [0.15, 0.2) is 29.3 Å². The first-order chi connectivity index (χ1) is 13.8. The summed E-state index contributed by atoms with van der Waals surface area (Å²) in [5, 5.41) is 3.72. The zero-order valence-electron chi connectivity index (χ0n) is 16.8. The summed E-state index contributed by atoms with van der Waals surface area (Å²) in [5.74, 6) is -2.13. The van der Waals surface area contributed by atoms with Crippen LogP contribution in [0.4, 0.5) is 5.69 Å². The van der Waals surface area contributed by atoms with Crippen molar-refractivity contribution in [2.24, 2.45) is 0 Å². The van der Waals surface area contributed by atoms with E-state index in [0.717, 1.165) is 0 Å². The van der Waals surface area contributed by atoms with Crippen molar-refractivity contribution in [1.82, 2.24) is 5.01 Å². The monoisotopic (exact) mass is 422 g/mol.